The number of rotatable bonds is 7. The molecule has 7 nitrogen and oxygen atoms in total. The fourth-order valence-electron chi connectivity index (χ4n) is 3.76. The summed E-state index contributed by atoms with van der Waals surface area (Å²) in [5, 5.41) is 4.96. The second-order valence-corrected chi connectivity index (χ2v) is 7.90. The second-order valence-electron chi connectivity index (χ2n) is 7.19. The molecule has 4 rings (SSSR count). The smallest absolute Gasteiger partial charge is 0.322 e. The molecule has 0 saturated carbocycles. The first-order valence-corrected chi connectivity index (χ1v) is 11.0. The van der Waals surface area contributed by atoms with Gasteiger partial charge in [-0.05, 0) is 43.2 Å². The zero-order valence-electron chi connectivity index (χ0n) is 17.5. The topological polar surface area (TPSA) is 72.9 Å². The van der Waals surface area contributed by atoms with Crippen molar-refractivity contribution in [2.24, 2.45) is 0 Å². The van der Waals surface area contributed by atoms with E-state index in [1.54, 1.807) is 19.7 Å². The number of carbonyl (C=O) groups is 1. The molecule has 2 amide bonds. The molecular formula is C23H25N3O4S. The van der Waals surface area contributed by atoms with Crippen LogP contribution in [-0.2, 0) is 6.61 Å². The molecule has 0 bridgehead atoms. The fraction of sp³-hybridized carbons (Fsp3) is 0.304. The van der Waals surface area contributed by atoms with Gasteiger partial charge in [-0.1, -0.05) is 6.07 Å². The van der Waals surface area contributed by atoms with Gasteiger partial charge in [0.1, 0.15) is 23.9 Å². The molecule has 0 spiro atoms. The highest BCUT2D eigenvalue weighted by atomic mass is 32.1. The largest absolute Gasteiger partial charge is 0.497 e. The molecule has 1 aromatic heterocycles. The Kier molecular flexibility index (Phi) is 6.57. The molecule has 0 aliphatic carbocycles. The summed E-state index contributed by atoms with van der Waals surface area (Å²) in [4.78, 5) is 19.2. The summed E-state index contributed by atoms with van der Waals surface area (Å²) < 4.78 is 16.7. The molecule has 1 N–H and O–H groups in total. The molecular weight excluding hydrogens is 414 g/mol. The number of nitrogens with one attached hydrogen (secondary N) is 1. The van der Waals surface area contributed by atoms with Crippen LogP contribution in [0.1, 0.15) is 30.1 Å². The van der Waals surface area contributed by atoms with Crippen LogP contribution in [0, 0.1) is 0 Å². The van der Waals surface area contributed by atoms with Crippen LogP contribution < -0.4 is 19.5 Å². The number of nitrogens with zero attached hydrogens (tertiary/aromatic N) is 2. The van der Waals surface area contributed by atoms with Gasteiger partial charge in [-0.25, -0.2) is 9.78 Å². The van der Waals surface area contributed by atoms with E-state index in [9.17, 15) is 4.79 Å². The zero-order chi connectivity index (χ0) is 21.6. The molecule has 2 aromatic carbocycles. The van der Waals surface area contributed by atoms with E-state index in [2.05, 4.69) is 10.3 Å². The minimum atomic E-state index is -0.149. The lowest BCUT2D eigenvalue weighted by Crippen LogP contribution is -2.34. The van der Waals surface area contributed by atoms with Crippen molar-refractivity contribution in [1.82, 2.24) is 9.88 Å². The second kappa shape index (κ2) is 9.70. The molecule has 0 radical (unpaired) electrons. The van der Waals surface area contributed by atoms with Crippen LogP contribution in [-0.4, -0.2) is 36.7 Å². The summed E-state index contributed by atoms with van der Waals surface area (Å²) in [7, 11) is 3.27. The molecule has 1 unspecified atom stereocenters. The number of anilines is 1. The van der Waals surface area contributed by atoms with E-state index < -0.39 is 0 Å². The van der Waals surface area contributed by atoms with Gasteiger partial charge in [-0.2, -0.15) is 0 Å². The summed E-state index contributed by atoms with van der Waals surface area (Å²) in [5.41, 5.74) is 4.30. The molecule has 3 aromatic rings. The Morgan fingerprint density at radius 1 is 1.19 bits per heavy atom. The number of amides is 2. The highest BCUT2D eigenvalue weighted by Gasteiger charge is 2.32. The van der Waals surface area contributed by atoms with Gasteiger partial charge in [-0.3, -0.25) is 0 Å². The van der Waals surface area contributed by atoms with Crippen LogP contribution >= 0.6 is 11.3 Å². The van der Waals surface area contributed by atoms with Gasteiger partial charge in [0.05, 0.1) is 31.5 Å². The predicted molar refractivity (Wildman–Crippen MR) is 120 cm³/mol. The van der Waals surface area contributed by atoms with Crippen LogP contribution in [0.25, 0.3) is 0 Å². The number of hydrogen-bond donors (Lipinski definition) is 1. The molecule has 2 heterocycles. The van der Waals surface area contributed by atoms with Gasteiger partial charge < -0.3 is 24.4 Å². The molecule has 1 atom stereocenters. The SMILES string of the molecule is COc1ccc(OC)c(C2CCCN2C(=O)Nc2cccc(OCc3cscn3)c2)c1. The molecule has 1 aliphatic heterocycles. The first-order valence-electron chi connectivity index (χ1n) is 10.1. The van der Waals surface area contributed by atoms with E-state index in [1.807, 2.05) is 52.7 Å². The molecule has 1 aliphatic rings. The summed E-state index contributed by atoms with van der Waals surface area (Å²) in [5.74, 6) is 2.18. The lowest BCUT2D eigenvalue weighted by Gasteiger charge is -2.27. The van der Waals surface area contributed by atoms with E-state index in [-0.39, 0.29) is 12.1 Å². The van der Waals surface area contributed by atoms with Gasteiger partial charge in [0, 0.05) is 29.2 Å². The van der Waals surface area contributed by atoms with Crippen LogP contribution in [0.5, 0.6) is 17.2 Å². The fourth-order valence-corrected chi connectivity index (χ4v) is 4.30. The number of carbonyl (C=O) groups excluding carboxylic acids is 1. The van der Waals surface area contributed by atoms with Crippen LogP contribution in [0.2, 0.25) is 0 Å². The van der Waals surface area contributed by atoms with E-state index >= 15 is 0 Å². The Morgan fingerprint density at radius 3 is 2.87 bits per heavy atom. The molecule has 1 saturated heterocycles. The van der Waals surface area contributed by atoms with E-state index in [4.69, 9.17) is 14.2 Å². The maximum atomic E-state index is 13.1. The Labute approximate surface area is 185 Å². The van der Waals surface area contributed by atoms with Crippen molar-refractivity contribution in [3.8, 4) is 17.2 Å². The third-order valence-corrected chi connectivity index (χ3v) is 5.90. The van der Waals surface area contributed by atoms with E-state index in [1.165, 1.54) is 11.3 Å². The minimum absolute atomic E-state index is 0.0749. The van der Waals surface area contributed by atoms with Crippen molar-refractivity contribution in [2.45, 2.75) is 25.5 Å². The molecule has 8 heteroatoms. The molecule has 31 heavy (non-hydrogen) atoms. The Hall–Kier alpha value is -3.26. The maximum Gasteiger partial charge on any atom is 0.322 e. The number of urea groups is 1. The van der Waals surface area contributed by atoms with Gasteiger partial charge >= 0.3 is 6.03 Å². The standard InChI is InChI=1S/C23H25N3O4S/c1-28-18-8-9-22(29-2)20(12-18)21-7-4-10-26(21)23(27)25-16-5-3-6-19(11-16)30-13-17-14-31-15-24-17/h3,5-6,8-9,11-12,14-15,21H,4,7,10,13H2,1-2H3,(H,25,27). The summed E-state index contributed by atoms with van der Waals surface area (Å²) >= 11 is 1.53. The summed E-state index contributed by atoms with van der Waals surface area (Å²) in [6.45, 7) is 1.07. The summed E-state index contributed by atoms with van der Waals surface area (Å²) in [6, 6.07) is 12.9. The summed E-state index contributed by atoms with van der Waals surface area (Å²) in [6.07, 6.45) is 1.79. The highest BCUT2D eigenvalue weighted by Crippen LogP contribution is 2.39. The minimum Gasteiger partial charge on any atom is -0.497 e. The lowest BCUT2D eigenvalue weighted by atomic mass is 10.0. The van der Waals surface area contributed by atoms with E-state index in [0.29, 0.717) is 24.6 Å². The molecule has 1 fully saturated rings. The Bertz CT molecular complexity index is 1030. The van der Waals surface area contributed by atoms with Crippen LogP contribution in [0.15, 0.2) is 53.4 Å². The number of likely N-dealkylation sites (tertiary alicyclic amines) is 1. The van der Waals surface area contributed by atoms with Gasteiger partial charge in [-0.15, -0.1) is 11.3 Å². The number of methoxy groups -OCH3 is 2. The number of hydrogen-bond acceptors (Lipinski definition) is 6. The van der Waals surface area contributed by atoms with Gasteiger partial charge in [0.2, 0.25) is 0 Å². The van der Waals surface area contributed by atoms with Gasteiger partial charge in [0.15, 0.2) is 0 Å². The lowest BCUT2D eigenvalue weighted by molar-refractivity contribution is 0.206. The first-order chi connectivity index (χ1) is 15.2. The van der Waals surface area contributed by atoms with Gasteiger partial charge in [0.25, 0.3) is 0 Å². The maximum absolute atomic E-state index is 13.1. The quantitative estimate of drug-likeness (QED) is 0.554. The number of benzene rings is 2. The third-order valence-electron chi connectivity index (χ3n) is 5.27. The predicted octanol–water partition coefficient (Wildman–Crippen LogP) is 5.11. The highest BCUT2D eigenvalue weighted by molar-refractivity contribution is 7.07. The van der Waals surface area contributed by atoms with Crippen molar-refractivity contribution in [3.05, 3.63) is 64.6 Å². The monoisotopic (exact) mass is 439 g/mol. The third kappa shape index (κ3) is 4.91. The Morgan fingerprint density at radius 2 is 2.10 bits per heavy atom. The average molecular weight is 440 g/mol. The van der Waals surface area contributed by atoms with Crippen molar-refractivity contribution in [1.29, 1.82) is 0 Å². The average Bonchev–Trinajstić information content (AvgIpc) is 3.49. The van der Waals surface area contributed by atoms with E-state index in [0.717, 1.165) is 35.6 Å². The number of aromatic nitrogens is 1. The van der Waals surface area contributed by atoms with Crippen LogP contribution in [0.3, 0.4) is 0 Å². The van der Waals surface area contributed by atoms with Crippen molar-refractivity contribution < 1.29 is 19.0 Å². The molecule has 162 valence electrons. The van der Waals surface area contributed by atoms with Crippen molar-refractivity contribution in [2.75, 3.05) is 26.1 Å². The van der Waals surface area contributed by atoms with Crippen molar-refractivity contribution >= 4 is 23.1 Å². The zero-order valence-corrected chi connectivity index (χ0v) is 18.4. The Balaban J connectivity index is 1.46. The van der Waals surface area contributed by atoms with Crippen LogP contribution in [0.4, 0.5) is 10.5 Å². The number of ether oxygens (including phenoxy) is 3. The van der Waals surface area contributed by atoms with Crippen molar-refractivity contribution in [3.63, 3.8) is 0 Å². The normalized spacial score (nSPS) is 15.5. The first kappa shape index (κ1) is 21.0. The number of thiazole rings is 1.